The predicted octanol–water partition coefficient (Wildman–Crippen LogP) is 0.726. The molecule has 3 N–H and O–H groups in total. The summed E-state index contributed by atoms with van der Waals surface area (Å²) in [5, 5.41) is 8.11. The minimum atomic E-state index is -0.479. The van der Waals surface area contributed by atoms with Crippen LogP contribution in [0.1, 0.15) is 20.8 Å². The Morgan fingerprint density at radius 1 is 0.806 bits per heavy atom. The lowest BCUT2D eigenvalue weighted by molar-refractivity contribution is -0.118. The van der Waals surface area contributed by atoms with E-state index in [2.05, 4.69) is 35.7 Å². The summed E-state index contributed by atoms with van der Waals surface area (Å²) in [6.45, 7) is 18.2. The molecule has 0 radical (unpaired) electrons. The second kappa shape index (κ2) is 16.2. The molecule has 31 heavy (non-hydrogen) atoms. The molecule has 3 amide bonds. The molecule has 0 fully saturated rings. The Hall–Kier alpha value is -2.49. The Morgan fingerprint density at radius 3 is 1.65 bits per heavy atom. The molecule has 0 aliphatic rings. The fraction of sp³-hybridized carbons (Fsp3) is 0.591. The third-order valence-corrected chi connectivity index (χ3v) is 3.97. The van der Waals surface area contributed by atoms with Gasteiger partial charge in [0.2, 0.25) is 17.7 Å². The zero-order valence-electron chi connectivity index (χ0n) is 18.9. The lowest BCUT2D eigenvalue weighted by Crippen LogP contribution is -2.40. The zero-order chi connectivity index (χ0) is 23.7. The molecular weight excluding hydrogens is 402 g/mol. The quantitative estimate of drug-likeness (QED) is 0.214. The first-order valence-corrected chi connectivity index (χ1v) is 10.1. The molecule has 0 aliphatic heterocycles. The van der Waals surface area contributed by atoms with E-state index in [1.54, 1.807) is 0 Å². The third-order valence-electron chi connectivity index (χ3n) is 3.97. The van der Waals surface area contributed by atoms with Crippen molar-refractivity contribution >= 4 is 17.7 Å². The summed E-state index contributed by atoms with van der Waals surface area (Å²) in [4.78, 5) is 33.9. The molecule has 0 rings (SSSR count). The van der Waals surface area contributed by atoms with E-state index in [-0.39, 0.29) is 29.8 Å². The monoisotopic (exact) mass is 439 g/mol. The molecule has 0 aromatic heterocycles. The van der Waals surface area contributed by atoms with Crippen LogP contribution >= 0.6 is 0 Å². The standard InChI is InChI=1S/C22H37N3O6/c1-7-19(26)23-10-11-29-14-22(6,15-30-12-17(4)24-20(27)8-2)16-31-13-18(5)25-21(28)9-3/h7-9,17-18H,1-3,10-16H2,4-6H3,(H,23,26)(H,24,27)(H,25,28). The van der Waals surface area contributed by atoms with Crippen molar-refractivity contribution in [2.45, 2.75) is 32.9 Å². The van der Waals surface area contributed by atoms with Gasteiger partial charge in [-0.1, -0.05) is 26.7 Å². The molecule has 2 atom stereocenters. The van der Waals surface area contributed by atoms with Gasteiger partial charge in [0.15, 0.2) is 0 Å². The van der Waals surface area contributed by atoms with E-state index in [1.807, 2.05) is 20.8 Å². The average molecular weight is 440 g/mol. The Morgan fingerprint density at radius 2 is 1.23 bits per heavy atom. The minimum absolute atomic E-state index is 0.181. The number of nitrogens with one attached hydrogen (secondary N) is 3. The molecule has 0 aliphatic carbocycles. The molecule has 9 nitrogen and oxygen atoms in total. The fourth-order valence-corrected chi connectivity index (χ4v) is 2.41. The first-order chi connectivity index (χ1) is 14.7. The number of ether oxygens (including phenoxy) is 3. The third kappa shape index (κ3) is 15.0. The largest absolute Gasteiger partial charge is 0.379 e. The predicted molar refractivity (Wildman–Crippen MR) is 119 cm³/mol. The van der Waals surface area contributed by atoms with E-state index < -0.39 is 5.41 Å². The SMILES string of the molecule is C=CC(=O)NCCOCC(C)(COCC(C)NC(=O)C=C)COCC(C)NC(=O)C=C. The van der Waals surface area contributed by atoms with Crippen LogP contribution in [0.3, 0.4) is 0 Å². The van der Waals surface area contributed by atoms with E-state index in [0.717, 1.165) is 0 Å². The Balaban J connectivity index is 4.59. The van der Waals surface area contributed by atoms with E-state index in [9.17, 15) is 14.4 Å². The van der Waals surface area contributed by atoms with Crippen LogP contribution in [0.5, 0.6) is 0 Å². The maximum atomic E-state index is 11.4. The highest BCUT2D eigenvalue weighted by molar-refractivity contribution is 5.87. The number of rotatable bonds is 18. The van der Waals surface area contributed by atoms with Crippen LogP contribution in [-0.2, 0) is 28.6 Å². The summed E-state index contributed by atoms with van der Waals surface area (Å²) in [5.41, 5.74) is -0.479. The van der Waals surface area contributed by atoms with Gasteiger partial charge in [-0.2, -0.15) is 0 Å². The second-order valence-corrected chi connectivity index (χ2v) is 7.62. The first-order valence-electron chi connectivity index (χ1n) is 10.1. The molecule has 0 spiro atoms. The average Bonchev–Trinajstić information content (AvgIpc) is 2.72. The smallest absolute Gasteiger partial charge is 0.243 e. The van der Waals surface area contributed by atoms with E-state index in [4.69, 9.17) is 14.2 Å². The van der Waals surface area contributed by atoms with Gasteiger partial charge in [-0.15, -0.1) is 0 Å². The molecule has 0 saturated carbocycles. The molecule has 0 aromatic rings. The van der Waals surface area contributed by atoms with Gasteiger partial charge >= 0.3 is 0 Å². The van der Waals surface area contributed by atoms with Gasteiger partial charge in [-0.3, -0.25) is 14.4 Å². The summed E-state index contributed by atoms with van der Waals surface area (Å²) in [6.07, 6.45) is 3.61. The van der Waals surface area contributed by atoms with Gasteiger partial charge in [0.1, 0.15) is 0 Å². The lowest BCUT2D eigenvalue weighted by atomic mass is 9.94. The maximum absolute atomic E-state index is 11.4. The van der Waals surface area contributed by atoms with Gasteiger partial charge in [-0.25, -0.2) is 0 Å². The number of carbonyl (C=O) groups is 3. The van der Waals surface area contributed by atoms with Crippen molar-refractivity contribution in [3.05, 3.63) is 38.0 Å². The summed E-state index contributed by atoms with van der Waals surface area (Å²) in [5.74, 6) is -0.783. The highest BCUT2D eigenvalue weighted by Crippen LogP contribution is 2.19. The summed E-state index contributed by atoms with van der Waals surface area (Å²) >= 11 is 0. The summed E-state index contributed by atoms with van der Waals surface area (Å²) in [7, 11) is 0. The Bertz CT molecular complexity index is 574. The molecule has 0 heterocycles. The van der Waals surface area contributed by atoms with Crippen LogP contribution in [0.2, 0.25) is 0 Å². The van der Waals surface area contributed by atoms with Crippen LogP contribution in [0.4, 0.5) is 0 Å². The van der Waals surface area contributed by atoms with E-state index >= 15 is 0 Å². The Kier molecular flexibility index (Phi) is 14.9. The van der Waals surface area contributed by atoms with Crippen LogP contribution in [0.25, 0.3) is 0 Å². The molecule has 0 aromatic carbocycles. The van der Waals surface area contributed by atoms with Crippen LogP contribution in [0, 0.1) is 5.41 Å². The van der Waals surface area contributed by atoms with Gasteiger partial charge < -0.3 is 30.2 Å². The summed E-state index contributed by atoms with van der Waals surface area (Å²) in [6, 6.07) is -0.361. The summed E-state index contributed by atoms with van der Waals surface area (Å²) < 4.78 is 17.3. The minimum Gasteiger partial charge on any atom is -0.379 e. The number of hydrogen-bond acceptors (Lipinski definition) is 6. The maximum Gasteiger partial charge on any atom is 0.243 e. The van der Waals surface area contributed by atoms with Gasteiger partial charge in [-0.05, 0) is 32.1 Å². The number of carbonyl (C=O) groups excluding carboxylic acids is 3. The normalized spacial score (nSPS) is 14.4. The highest BCUT2D eigenvalue weighted by Gasteiger charge is 2.27. The molecule has 0 saturated heterocycles. The van der Waals surface area contributed by atoms with Crippen molar-refractivity contribution in [3.63, 3.8) is 0 Å². The van der Waals surface area contributed by atoms with Crippen molar-refractivity contribution < 1.29 is 28.6 Å². The zero-order valence-corrected chi connectivity index (χ0v) is 18.9. The van der Waals surface area contributed by atoms with Crippen molar-refractivity contribution in [1.29, 1.82) is 0 Å². The highest BCUT2D eigenvalue weighted by atomic mass is 16.5. The van der Waals surface area contributed by atoms with Gasteiger partial charge in [0, 0.05) is 24.0 Å². The molecule has 9 heteroatoms. The van der Waals surface area contributed by atoms with Gasteiger partial charge in [0.25, 0.3) is 0 Å². The van der Waals surface area contributed by atoms with Crippen molar-refractivity contribution in [3.8, 4) is 0 Å². The molecule has 0 bridgehead atoms. The van der Waals surface area contributed by atoms with Gasteiger partial charge in [0.05, 0.1) is 39.6 Å². The molecular formula is C22H37N3O6. The fourth-order valence-electron chi connectivity index (χ4n) is 2.41. The van der Waals surface area contributed by atoms with Crippen molar-refractivity contribution in [2.75, 3.05) is 46.2 Å². The topological polar surface area (TPSA) is 115 Å². The van der Waals surface area contributed by atoms with Crippen molar-refractivity contribution in [2.24, 2.45) is 5.41 Å². The number of hydrogen-bond donors (Lipinski definition) is 3. The second-order valence-electron chi connectivity index (χ2n) is 7.62. The van der Waals surface area contributed by atoms with E-state index in [0.29, 0.717) is 46.2 Å². The molecule has 2 unspecified atom stereocenters. The lowest BCUT2D eigenvalue weighted by Gasteiger charge is -2.30. The van der Waals surface area contributed by atoms with Crippen LogP contribution < -0.4 is 16.0 Å². The van der Waals surface area contributed by atoms with Crippen LogP contribution in [-0.4, -0.2) is 76.0 Å². The number of amides is 3. The molecule has 176 valence electrons. The van der Waals surface area contributed by atoms with E-state index in [1.165, 1.54) is 18.2 Å². The first kappa shape index (κ1) is 28.5. The van der Waals surface area contributed by atoms with Crippen molar-refractivity contribution in [1.82, 2.24) is 16.0 Å². The van der Waals surface area contributed by atoms with Crippen LogP contribution in [0.15, 0.2) is 38.0 Å². The Labute approximate surface area is 185 Å².